The van der Waals surface area contributed by atoms with Gasteiger partial charge >= 0.3 is 0 Å². The van der Waals surface area contributed by atoms with E-state index in [-0.39, 0.29) is 49.0 Å². The number of hydrogen-bond donors (Lipinski definition) is 1. The second-order valence-corrected chi connectivity index (χ2v) is 43.0. The van der Waals surface area contributed by atoms with E-state index in [4.69, 9.17) is 66.3 Å². The molecule has 0 spiro atoms. The van der Waals surface area contributed by atoms with E-state index in [1.54, 1.807) is 133 Å². The van der Waals surface area contributed by atoms with Crippen LogP contribution in [0.3, 0.4) is 0 Å². The van der Waals surface area contributed by atoms with E-state index >= 15 is 0 Å². The number of carbonyl (C=O) groups is 4. The predicted molar refractivity (Wildman–Crippen MR) is 502 cm³/mol. The fourth-order valence-corrected chi connectivity index (χ4v) is 21.4. The number of hydrogen-bond acceptors (Lipinski definition) is 20. The largest absolute Gasteiger partial charge is 0.340 e. The molecule has 38 heteroatoms. The van der Waals surface area contributed by atoms with Gasteiger partial charge in [-0.1, -0.05) is 109 Å². The molecule has 17 rings (SSSR count). The normalized spacial score (nSPS) is 16.2. The number of fused-ring (bicyclic) bond motifs is 4. The zero-order chi connectivity index (χ0) is 92.0. The van der Waals surface area contributed by atoms with Gasteiger partial charge in [0.15, 0.2) is 19.7 Å². The first kappa shape index (κ1) is 95.3. The van der Waals surface area contributed by atoms with Gasteiger partial charge in [0.05, 0.1) is 76.1 Å². The number of nitrogens with zero attached hydrogens (tertiary/aromatic N) is 17. The number of nitrogens with one attached hydrogen (secondary N) is 1. The Labute approximate surface area is 772 Å². The highest BCUT2D eigenvalue weighted by Crippen LogP contribution is 2.36. The summed E-state index contributed by atoms with van der Waals surface area (Å²) in [6.07, 6.45) is 8.47. The molecule has 5 aliphatic rings. The highest BCUT2D eigenvalue weighted by Gasteiger charge is 2.33. The van der Waals surface area contributed by atoms with Crippen molar-refractivity contribution >= 4 is 132 Å². The molecule has 0 bridgehead atoms. The topological polar surface area (TPSA) is 315 Å². The van der Waals surface area contributed by atoms with Crippen LogP contribution in [0.5, 0.6) is 0 Å². The molecule has 4 aromatic carbocycles. The number of piperazine rings is 4. The van der Waals surface area contributed by atoms with Gasteiger partial charge in [0.2, 0.25) is 43.7 Å². The van der Waals surface area contributed by atoms with E-state index in [2.05, 4.69) is 24.3 Å². The summed E-state index contributed by atoms with van der Waals surface area (Å²) in [4.78, 5) is 83.5. The minimum Gasteiger partial charge on any atom is -0.340 e. The van der Waals surface area contributed by atoms with Gasteiger partial charge in [-0.25, -0.2) is 58.3 Å². The summed E-state index contributed by atoms with van der Waals surface area (Å²) in [6.45, 7) is 28.3. The predicted octanol–water partition coefficient (Wildman–Crippen LogP) is 12.3. The molecule has 5 aliphatic heterocycles. The van der Waals surface area contributed by atoms with E-state index in [0.29, 0.717) is 141 Å². The van der Waals surface area contributed by atoms with E-state index in [9.17, 15) is 52.8 Å². The Kier molecular flexibility index (Phi) is 30.3. The number of imidazole rings is 4. The Bertz CT molecular complexity index is 6580. The van der Waals surface area contributed by atoms with Crippen LogP contribution in [0.4, 0.5) is 0 Å². The molecule has 0 atom stereocenters. The first-order chi connectivity index (χ1) is 61.5. The van der Waals surface area contributed by atoms with Crippen molar-refractivity contribution in [1.29, 1.82) is 0 Å². The summed E-state index contributed by atoms with van der Waals surface area (Å²) in [5.74, 6) is 0.391. The summed E-state index contributed by atoms with van der Waals surface area (Å²) in [5.41, 5.74) is 13.3. The number of benzene rings is 4. The SMILES string of the molecule is CC(=O)N1CCN(Cc2c(-c3ccc(Cl)cc3)nc3ccc(S(=O)(=O)C(C)C)cn23)CC1.CC(=O)N1CCN(Cc2c(-c3ccc(Cl)cc3)nc3ccc(S(=O)(=O)N4CCCC4)cn23)CC1.CCNS(=O)(=O)c1ccc2nc(-c3ccc(Cl)cc3)c(CN3CCN(C(C)=O)CC3)n2c1.CCS(=O)(=O)c1ccc2nc(-c3ccc(Cl)cc3)c(CN3CCN(C(C)=O)CC3)n2c1. The van der Waals surface area contributed by atoms with Crippen LogP contribution in [0, 0.1) is 0 Å². The lowest BCUT2D eigenvalue weighted by Gasteiger charge is -2.34. The molecule has 13 heterocycles. The van der Waals surface area contributed by atoms with Gasteiger partial charge in [-0.3, -0.25) is 38.8 Å². The van der Waals surface area contributed by atoms with Crippen molar-refractivity contribution in [3.63, 3.8) is 0 Å². The first-order valence-electron chi connectivity index (χ1n) is 43.0. The molecule has 12 aromatic rings. The smallest absolute Gasteiger partial charge is 0.244 e. The van der Waals surface area contributed by atoms with Gasteiger partial charge in [0, 0.05) is 245 Å². The maximum atomic E-state index is 13.2. The molecule has 1 N–H and O–H groups in total. The molecule has 4 amide bonds. The minimum atomic E-state index is -3.60. The molecule has 0 unspecified atom stereocenters. The Morgan fingerprint density at radius 3 is 0.868 bits per heavy atom. The fourth-order valence-electron chi connectivity index (χ4n) is 16.4. The molecule has 684 valence electrons. The summed E-state index contributed by atoms with van der Waals surface area (Å²) in [6, 6.07) is 43.4. The molecule has 0 saturated carbocycles. The third-order valence-corrected chi connectivity index (χ3v) is 32.3. The lowest BCUT2D eigenvalue weighted by molar-refractivity contribution is -0.131. The van der Waals surface area contributed by atoms with Crippen molar-refractivity contribution in [3.8, 4) is 45.0 Å². The number of sulfonamides is 2. The number of carbonyl (C=O) groups excluding carboxylic acids is 4. The van der Waals surface area contributed by atoms with Crippen molar-refractivity contribution in [2.75, 3.05) is 130 Å². The molecule has 129 heavy (non-hydrogen) atoms. The van der Waals surface area contributed by atoms with Crippen LogP contribution in [-0.4, -0.2) is 274 Å². The van der Waals surface area contributed by atoms with Gasteiger partial charge in [-0.05, 0) is 124 Å². The van der Waals surface area contributed by atoms with Gasteiger partial charge in [-0.15, -0.1) is 0 Å². The Balaban J connectivity index is 0.000000139. The van der Waals surface area contributed by atoms with Crippen molar-refractivity contribution in [1.82, 2.24) is 85.8 Å². The van der Waals surface area contributed by atoms with Gasteiger partial charge < -0.3 is 37.2 Å². The zero-order valence-corrected chi connectivity index (χ0v) is 79.6. The molecule has 0 aliphatic carbocycles. The van der Waals surface area contributed by atoms with Crippen LogP contribution in [0.1, 0.15) is 91.0 Å². The average molecular weight is 1910 g/mol. The number of amides is 4. The highest BCUT2D eigenvalue weighted by molar-refractivity contribution is 7.92. The maximum absolute atomic E-state index is 13.2. The second-order valence-electron chi connectivity index (χ2n) is 32.8. The van der Waals surface area contributed by atoms with Crippen LogP contribution in [0.25, 0.3) is 67.6 Å². The number of halogens is 4. The van der Waals surface area contributed by atoms with Crippen LogP contribution in [-0.2, 0) is 85.1 Å². The van der Waals surface area contributed by atoms with Crippen molar-refractivity contribution in [3.05, 3.63) is 213 Å². The quantitative estimate of drug-likeness (QED) is 0.0698. The molecular weight excluding hydrogens is 1810 g/mol. The second kappa shape index (κ2) is 40.9. The van der Waals surface area contributed by atoms with Crippen LogP contribution in [0.2, 0.25) is 20.1 Å². The number of pyridine rings is 4. The third kappa shape index (κ3) is 22.2. The monoisotopic (exact) mass is 1910 g/mol. The lowest BCUT2D eigenvalue weighted by atomic mass is 10.1. The standard InChI is InChI=1S/C24H28ClN5O3S.C23H27ClN4O3S.C22H26ClN5O3S.C22H25ClN4O3S/c1-18(31)28-14-12-27(13-15-28)17-22-24(19-4-6-20(25)7-5-19)26-23-9-8-21(16-30(22)23)34(32,33)29-10-2-3-11-29;1-16(2)32(30,31)20-8-9-22-25-23(18-4-6-19(24)7-5-18)21(28(22)14-20)15-26-10-12-27(13-11-26)17(3)29;1-3-24-32(30,31)19-8-9-21-25-22(17-4-6-18(23)7-5-17)20(28(21)14-19)15-26-10-12-27(13-11-26)16(2)29;1-3-31(29,30)19-8-9-21-24-22(17-4-6-18(23)7-5-17)20(27(21)14-19)15-25-10-12-26(13-11-25)16(2)28/h4-9,16H,2-3,10-15,17H2,1H3;4-9,14,16H,10-13,15H2,1-3H3;4-9,14,24H,3,10-13,15H2,1-2H3;4-9,14H,3,10-13,15H2,1-2H3. The lowest BCUT2D eigenvalue weighted by Crippen LogP contribution is -2.47. The van der Waals surface area contributed by atoms with E-state index < -0.39 is 45.0 Å². The summed E-state index contributed by atoms with van der Waals surface area (Å²) in [7, 11) is -13.9. The van der Waals surface area contributed by atoms with E-state index in [1.165, 1.54) is 0 Å². The number of sulfone groups is 2. The molecule has 8 aromatic heterocycles. The van der Waals surface area contributed by atoms with Crippen LogP contribution < -0.4 is 4.72 Å². The number of rotatable bonds is 21. The molecule has 0 radical (unpaired) electrons. The Morgan fingerprint density at radius 2 is 0.597 bits per heavy atom. The van der Waals surface area contributed by atoms with Gasteiger partial charge in [0.1, 0.15) is 22.6 Å². The van der Waals surface area contributed by atoms with E-state index in [0.717, 1.165) is 133 Å². The summed E-state index contributed by atoms with van der Waals surface area (Å²) in [5, 5.41) is 2.06. The van der Waals surface area contributed by atoms with Crippen molar-refractivity contribution in [2.24, 2.45) is 0 Å². The highest BCUT2D eigenvalue weighted by atomic mass is 35.5. The number of aromatic nitrogens is 8. The van der Waals surface area contributed by atoms with E-state index in [1.807, 2.05) is 134 Å². The minimum absolute atomic E-state index is 0.0413. The first-order valence-corrected chi connectivity index (χ1v) is 50.6. The van der Waals surface area contributed by atoms with Crippen molar-refractivity contribution in [2.45, 2.75) is 119 Å². The molecule has 5 fully saturated rings. The maximum Gasteiger partial charge on any atom is 0.244 e. The van der Waals surface area contributed by atoms with Crippen LogP contribution in [0.15, 0.2) is 190 Å². The van der Waals surface area contributed by atoms with Crippen LogP contribution >= 0.6 is 46.4 Å². The third-order valence-electron chi connectivity index (χ3n) is 24.0. The van der Waals surface area contributed by atoms with Gasteiger partial charge in [0.25, 0.3) is 0 Å². The Hall–Kier alpha value is -9.76. The molecular formula is C91H106Cl4N18O12S4. The van der Waals surface area contributed by atoms with Gasteiger partial charge in [-0.2, -0.15) is 4.31 Å². The summed E-state index contributed by atoms with van der Waals surface area (Å²) >= 11 is 24.3. The molecule has 5 saturated heterocycles. The Morgan fingerprint density at radius 1 is 0.341 bits per heavy atom. The molecule has 30 nitrogen and oxygen atoms in total. The zero-order valence-electron chi connectivity index (χ0n) is 73.3. The fraction of sp³-hybridized carbons (Fsp3) is 0.385. The average Bonchev–Trinajstić information content (AvgIpc) is 1.61. The summed E-state index contributed by atoms with van der Waals surface area (Å²) < 4.78 is 114. The van der Waals surface area contributed by atoms with Crippen molar-refractivity contribution < 1.29 is 52.8 Å².